The van der Waals surface area contributed by atoms with Crippen LogP contribution in [0, 0.1) is 0 Å². The van der Waals surface area contributed by atoms with Gasteiger partial charge in [-0.05, 0) is 43.1 Å². The highest BCUT2D eigenvalue weighted by Crippen LogP contribution is 2.27. The molecule has 26 heavy (non-hydrogen) atoms. The van der Waals surface area contributed by atoms with Gasteiger partial charge in [-0.15, -0.1) is 0 Å². The van der Waals surface area contributed by atoms with E-state index in [4.69, 9.17) is 16.6 Å². The first kappa shape index (κ1) is 17.7. The lowest BCUT2D eigenvalue weighted by molar-refractivity contribution is 0.157. The van der Waals surface area contributed by atoms with Crippen LogP contribution in [0.1, 0.15) is 22.3 Å². The number of rotatable bonds is 3. The summed E-state index contributed by atoms with van der Waals surface area (Å²) in [6.45, 7) is 6.44. The highest BCUT2D eigenvalue weighted by atomic mass is 35.5. The quantitative estimate of drug-likeness (QED) is 0.826. The zero-order chi connectivity index (χ0) is 17.9. The van der Waals surface area contributed by atoms with Crippen LogP contribution in [0.4, 0.5) is 0 Å². The number of benzene rings is 2. The molecule has 0 bridgehead atoms. The fourth-order valence-electron chi connectivity index (χ4n) is 3.92. The molecule has 0 atom stereocenters. The number of nitrogens with zero attached hydrogens (tertiary/aromatic N) is 3. The molecule has 2 aliphatic rings. The first-order valence-electron chi connectivity index (χ1n) is 9.53. The molecule has 3 nitrogen and oxygen atoms in total. The number of fused-ring (bicyclic) bond motifs is 2. The zero-order valence-electron chi connectivity index (χ0n) is 15.4. The van der Waals surface area contributed by atoms with Gasteiger partial charge in [-0.3, -0.25) is 9.89 Å². The summed E-state index contributed by atoms with van der Waals surface area (Å²) in [7, 11) is 2.20. The lowest BCUT2D eigenvalue weighted by atomic mass is 9.98. The van der Waals surface area contributed by atoms with E-state index in [0.29, 0.717) is 0 Å². The maximum atomic E-state index is 6.32. The predicted molar refractivity (Wildman–Crippen MR) is 110 cm³/mol. The van der Waals surface area contributed by atoms with Gasteiger partial charge in [-0.2, -0.15) is 0 Å². The fraction of sp³-hybridized carbons (Fsp3) is 0.409. The normalized spacial score (nSPS) is 19.8. The lowest BCUT2D eigenvalue weighted by Gasteiger charge is -2.31. The Hall–Kier alpha value is -1.68. The van der Waals surface area contributed by atoms with Crippen LogP contribution in [0.5, 0.6) is 0 Å². The standard InChI is InChI=1S/C22H26ClN3/c1-25-12-14-26(15-13-25)11-10-24-22-20-5-3-2-4-17(20)6-7-18-8-9-19(23)16-21(18)22/h2-5,8-9,16H,6-7,10-15H2,1H3. The number of aryl methyl sites for hydroxylation is 2. The Morgan fingerprint density at radius 3 is 2.46 bits per heavy atom. The molecule has 4 rings (SSSR count). The number of aliphatic imine (C=N–C) groups is 1. The summed E-state index contributed by atoms with van der Waals surface area (Å²) in [6.07, 6.45) is 2.10. The maximum Gasteiger partial charge on any atom is 0.0725 e. The molecule has 0 unspecified atom stereocenters. The number of halogens is 1. The van der Waals surface area contributed by atoms with Gasteiger partial charge in [0.2, 0.25) is 0 Å². The summed E-state index contributed by atoms with van der Waals surface area (Å²) < 4.78 is 0. The second kappa shape index (κ2) is 7.91. The molecule has 0 amide bonds. The predicted octanol–water partition coefficient (Wildman–Crippen LogP) is 3.52. The molecule has 1 saturated heterocycles. The van der Waals surface area contributed by atoms with E-state index in [0.717, 1.165) is 62.8 Å². The van der Waals surface area contributed by atoms with E-state index in [1.165, 1.54) is 22.3 Å². The zero-order valence-corrected chi connectivity index (χ0v) is 16.2. The highest BCUT2D eigenvalue weighted by Gasteiger charge is 2.20. The first-order chi connectivity index (χ1) is 12.7. The second-order valence-electron chi connectivity index (χ2n) is 7.33. The summed E-state index contributed by atoms with van der Waals surface area (Å²) in [4.78, 5) is 9.99. The first-order valence-corrected chi connectivity index (χ1v) is 9.91. The number of hydrogen-bond donors (Lipinski definition) is 0. The van der Waals surface area contributed by atoms with Crippen molar-refractivity contribution >= 4 is 17.3 Å². The van der Waals surface area contributed by atoms with Gasteiger partial charge in [-0.25, -0.2) is 0 Å². The molecule has 0 spiro atoms. The molecule has 0 aromatic heterocycles. The average Bonchev–Trinajstić information content (AvgIpc) is 2.81. The molecule has 136 valence electrons. The minimum atomic E-state index is 0.787. The minimum absolute atomic E-state index is 0.787. The third-order valence-electron chi connectivity index (χ3n) is 5.55. The summed E-state index contributed by atoms with van der Waals surface area (Å²) in [6, 6.07) is 14.9. The van der Waals surface area contributed by atoms with Crippen molar-refractivity contribution < 1.29 is 0 Å². The molecule has 4 heteroatoms. The molecule has 1 fully saturated rings. The largest absolute Gasteiger partial charge is 0.304 e. The van der Waals surface area contributed by atoms with Gasteiger partial charge in [0.25, 0.3) is 0 Å². The average molecular weight is 368 g/mol. The summed E-state index contributed by atoms with van der Waals surface area (Å²) in [5.74, 6) is 0. The molecule has 1 heterocycles. The molecule has 1 aliphatic carbocycles. The Bertz CT molecular complexity index is 807. The molecule has 0 N–H and O–H groups in total. The van der Waals surface area contributed by atoms with Gasteiger partial charge in [-0.1, -0.05) is 41.9 Å². The van der Waals surface area contributed by atoms with Crippen LogP contribution >= 0.6 is 11.6 Å². The van der Waals surface area contributed by atoms with Crippen molar-refractivity contribution in [1.82, 2.24) is 9.80 Å². The van der Waals surface area contributed by atoms with Crippen molar-refractivity contribution in [3.05, 3.63) is 69.7 Å². The molecule has 0 saturated carbocycles. The van der Waals surface area contributed by atoms with Gasteiger partial charge in [0, 0.05) is 48.9 Å². The molecule has 0 radical (unpaired) electrons. The van der Waals surface area contributed by atoms with E-state index in [9.17, 15) is 0 Å². The Kier molecular flexibility index (Phi) is 5.39. The summed E-state index contributed by atoms with van der Waals surface area (Å²) in [5.41, 5.74) is 6.33. The van der Waals surface area contributed by atoms with Crippen molar-refractivity contribution in [2.24, 2.45) is 4.99 Å². The topological polar surface area (TPSA) is 18.8 Å². The third-order valence-corrected chi connectivity index (χ3v) is 5.78. The van der Waals surface area contributed by atoms with Crippen LogP contribution in [-0.4, -0.2) is 61.8 Å². The molecular weight excluding hydrogens is 342 g/mol. The van der Waals surface area contributed by atoms with Crippen LogP contribution in [0.15, 0.2) is 47.5 Å². The van der Waals surface area contributed by atoms with Crippen LogP contribution in [0.25, 0.3) is 0 Å². The van der Waals surface area contributed by atoms with Gasteiger partial charge >= 0.3 is 0 Å². The second-order valence-corrected chi connectivity index (χ2v) is 7.77. The van der Waals surface area contributed by atoms with Crippen molar-refractivity contribution in [1.29, 1.82) is 0 Å². The van der Waals surface area contributed by atoms with E-state index in [2.05, 4.69) is 53.2 Å². The van der Waals surface area contributed by atoms with Crippen molar-refractivity contribution in [3.8, 4) is 0 Å². The Morgan fingerprint density at radius 2 is 1.65 bits per heavy atom. The van der Waals surface area contributed by atoms with Crippen molar-refractivity contribution in [2.75, 3.05) is 46.3 Å². The Balaban J connectivity index is 1.62. The van der Waals surface area contributed by atoms with E-state index >= 15 is 0 Å². The third kappa shape index (κ3) is 3.85. The molecule has 2 aromatic rings. The SMILES string of the molecule is CN1CCN(CCN=C2c3ccccc3CCc3ccc(Cl)cc32)CC1. The van der Waals surface area contributed by atoms with Crippen LogP contribution in [0.3, 0.4) is 0 Å². The molecular formula is C22H26ClN3. The number of piperazine rings is 1. The summed E-state index contributed by atoms with van der Waals surface area (Å²) >= 11 is 6.32. The number of hydrogen-bond acceptors (Lipinski definition) is 3. The van der Waals surface area contributed by atoms with Gasteiger partial charge in [0.05, 0.1) is 12.3 Å². The van der Waals surface area contributed by atoms with Crippen molar-refractivity contribution in [2.45, 2.75) is 12.8 Å². The lowest BCUT2D eigenvalue weighted by Crippen LogP contribution is -2.45. The van der Waals surface area contributed by atoms with E-state index < -0.39 is 0 Å². The molecule has 2 aromatic carbocycles. The van der Waals surface area contributed by atoms with Crippen molar-refractivity contribution in [3.63, 3.8) is 0 Å². The number of likely N-dealkylation sites (N-methyl/N-ethyl adjacent to an activating group) is 1. The van der Waals surface area contributed by atoms with Gasteiger partial charge < -0.3 is 4.90 Å². The fourth-order valence-corrected chi connectivity index (χ4v) is 4.09. The smallest absolute Gasteiger partial charge is 0.0725 e. The van der Waals surface area contributed by atoms with Crippen LogP contribution in [0.2, 0.25) is 5.02 Å². The van der Waals surface area contributed by atoms with Crippen LogP contribution in [-0.2, 0) is 12.8 Å². The maximum absolute atomic E-state index is 6.32. The molecule has 1 aliphatic heterocycles. The highest BCUT2D eigenvalue weighted by molar-refractivity contribution is 6.31. The van der Waals surface area contributed by atoms with E-state index in [-0.39, 0.29) is 0 Å². The summed E-state index contributed by atoms with van der Waals surface area (Å²) in [5, 5.41) is 0.787. The van der Waals surface area contributed by atoms with Gasteiger partial charge in [0.1, 0.15) is 0 Å². The Morgan fingerprint density at radius 1 is 0.923 bits per heavy atom. The van der Waals surface area contributed by atoms with Gasteiger partial charge in [0.15, 0.2) is 0 Å². The van der Waals surface area contributed by atoms with E-state index in [1.54, 1.807) is 0 Å². The monoisotopic (exact) mass is 367 g/mol. The van der Waals surface area contributed by atoms with E-state index in [1.807, 2.05) is 6.07 Å². The van der Waals surface area contributed by atoms with Crippen LogP contribution < -0.4 is 0 Å². The minimum Gasteiger partial charge on any atom is -0.304 e. The Labute approximate surface area is 161 Å².